The van der Waals surface area contributed by atoms with Gasteiger partial charge in [0.25, 0.3) is 0 Å². The minimum atomic E-state index is 0.254. The molecule has 1 heterocycles. The van der Waals surface area contributed by atoms with Crippen LogP contribution in [0.5, 0.6) is 5.75 Å². The van der Waals surface area contributed by atoms with E-state index >= 15 is 0 Å². The van der Waals surface area contributed by atoms with Gasteiger partial charge in [-0.25, -0.2) is 0 Å². The quantitative estimate of drug-likeness (QED) is 0.750. The van der Waals surface area contributed by atoms with Crippen molar-refractivity contribution in [2.75, 3.05) is 24.7 Å². The van der Waals surface area contributed by atoms with Crippen LogP contribution in [0.1, 0.15) is 0 Å². The van der Waals surface area contributed by atoms with E-state index in [2.05, 4.69) is 4.57 Å². The zero-order chi connectivity index (χ0) is 14.3. The highest BCUT2D eigenvalue weighted by molar-refractivity contribution is 6.00. The molecule has 0 amide bonds. The summed E-state index contributed by atoms with van der Waals surface area (Å²) >= 11 is 0. The number of rotatable bonds is 2. The molecular formula is C16H17N3O. The van der Waals surface area contributed by atoms with Crippen molar-refractivity contribution in [3.63, 3.8) is 0 Å². The average molecular weight is 267 g/mol. The third-order valence-electron chi connectivity index (χ3n) is 3.42. The van der Waals surface area contributed by atoms with Gasteiger partial charge in [-0.2, -0.15) is 0 Å². The first-order valence-electron chi connectivity index (χ1n) is 6.45. The molecule has 0 spiro atoms. The molecule has 102 valence electrons. The maximum absolute atomic E-state index is 9.46. The van der Waals surface area contributed by atoms with Crippen molar-refractivity contribution in [3.05, 3.63) is 48.5 Å². The Morgan fingerprint density at radius 3 is 2.30 bits per heavy atom. The van der Waals surface area contributed by atoms with Gasteiger partial charge in [0.15, 0.2) is 0 Å². The number of phenols is 1. The number of phenolic OH excluding ortho intramolecular Hbond substituents is 1. The fraction of sp³-hybridized carbons (Fsp3) is 0.125. The van der Waals surface area contributed by atoms with Crippen molar-refractivity contribution in [2.45, 2.75) is 0 Å². The van der Waals surface area contributed by atoms with E-state index in [1.54, 1.807) is 12.1 Å². The van der Waals surface area contributed by atoms with Gasteiger partial charge in [-0.1, -0.05) is 18.2 Å². The van der Waals surface area contributed by atoms with Crippen LogP contribution in [0.2, 0.25) is 0 Å². The summed E-state index contributed by atoms with van der Waals surface area (Å²) in [6, 6.07) is 15.2. The summed E-state index contributed by atoms with van der Waals surface area (Å²) in [5.74, 6) is 1.20. The maximum atomic E-state index is 9.46. The van der Waals surface area contributed by atoms with Crippen LogP contribution in [0.4, 0.5) is 11.5 Å². The van der Waals surface area contributed by atoms with E-state index < -0.39 is 0 Å². The number of nitrogens with two attached hydrogens (primary N) is 1. The molecule has 0 bridgehead atoms. The molecule has 3 N–H and O–H groups in total. The maximum Gasteiger partial charge on any atom is 0.137 e. The highest BCUT2D eigenvalue weighted by Gasteiger charge is 2.17. The molecule has 0 saturated heterocycles. The smallest absolute Gasteiger partial charge is 0.137 e. The zero-order valence-electron chi connectivity index (χ0n) is 11.5. The summed E-state index contributed by atoms with van der Waals surface area (Å²) in [6.45, 7) is 0. The van der Waals surface area contributed by atoms with E-state index in [9.17, 15) is 5.11 Å². The van der Waals surface area contributed by atoms with Crippen LogP contribution in [0.15, 0.2) is 48.5 Å². The SMILES string of the molecule is CN(C)c1c(N)c2ccccc2n1-c1ccc(O)cc1. The standard InChI is InChI=1S/C16H17N3O/c1-18(2)16-15(17)13-5-3-4-6-14(13)19(16)11-7-9-12(20)10-8-11/h3-10,20H,17H2,1-2H3. The van der Waals surface area contributed by atoms with Crippen LogP contribution >= 0.6 is 0 Å². The molecule has 4 nitrogen and oxygen atoms in total. The summed E-state index contributed by atoms with van der Waals surface area (Å²) in [5.41, 5.74) is 9.09. The predicted molar refractivity (Wildman–Crippen MR) is 83.7 cm³/mol. The first kappa shape index (κ1) is 12.4. The molecule has 4 heteroatoms. The van der Waals surface area contributed by atoms with Crippen molar-refractivity contribution in [3.8, 4) is 11.4 Å². The lowest BCUT2D eigenvalue weighted by molar-refractivity contribution is 0.475. The van der Waals surface area contributed by atoms with Gasteiger partial charge in [0.2, 0.25) is 0 Å². The van der Waals surface area contributed by atoms with Crippen LogP contribution in [-0.4, -0.2) is 23.8 Å². The molecule has 0 fully saturated rings. The van der Waals surface area contributed by atoms with Crippen LogP contribution in [-0.2, 0) is 0 Å². The normalized spacial score (nSPS) is 10.9. The van der Waals surface area contributed by atoms with E-state index in [0.717, 1.165) is 28.1 Å². The Labute approximate surface area is 117 Å². The summed E-state index contributed by atoms with van der Waals surface area (Å²) < 4.78 is 2.10. The number of nitrogen functional groups attached to an aromatic ring is 1. The van der Waals surface area contributed by atoms with Crippen LogP contribution in [0.25, 0.3) is 16.6 Å². The van der Waals surface area contributed by atoms with Gasteiger partial charge in [0.05, 0.1) is 11.2 Å². The van der Waals surface area contributed by atoms with Crippen LogP contribution in [0, 0.1) is 0 Å². The summed E-state index contributed by atoms with van der Waals surface area (Å²) in [5, 5.41) is 10.5. The Kier molecular flexibility index (Phi) is 2.79. The molecule has 0 atom stereocenters. The first-order chi connectivity index (χ1) is 9.59. The number of hydrogen-bond donors (Lipinski definition) is 2. The summed E-state index contributed by atoms with van der Waals surface area (Å²) in [6.07, 6.45) is 0. The highest BCUT2D eigenvalue weighted by atomic mass is 16.3. The molecule has 20 heavy (non-hydrogen) atoms. The van der Waals surface area contributed by atoms with Gasteiger partial charge in [-0.3, -0.25) is 4.57 Å². The zero-order valence-corrected chi connectivity index (χ0v) is 11.5. The van der Waals surface area contributed by atoms with Crippen molar-refractivity contribution in [2.24, 2.45) is 0 Å². The second-order valence-electron chi connectivity index (χ2n) is 5.00. The van der Waals surface area contributed by atoms with Gasteiger partial charge in [-0.05, 0) is 30.3 Å². The van der Waals surface area contributed by atoms with E-state index in [1.807, 2.05) is 55.4 Å². The lowest BCUT2D eigenvalue weighted by Gasteiger charge is -2.18. The minimum absolute atomic E-state index is 0.254. The molecule has 0 aliphatic heterocycles. The monoisotopic (exact) mass is 267 g/mol. The highest BCUT2D eigenvalue weighted by Crippen LogP contribution is 2.37. The number of para-hydroxylation sites is 1. The van der Waals surface area contributed by atoms with E-state index in [4.69, 9.17) is 5.73 Å². The van der Waals surface area contributed by atoms with E-state index in [-0.39, 0.29) is 5.75 Å². The first-order valence-corrected chi connectivity index (χ1v) is 6.45. The van der Waals surface area contributed by atoms with Crippen molar-refractivity contribution < 1.29 is 5.11 Å². The number of anilines is 2. The second-order valence-corrected chi connectivity index (χ2v) is 5.00. The topological polar surface area (TPSA) is 54.4 Å². The molecule has 0 radical (unpaired) electrons. The molecule has 0 saturated carbocycles. The number of fused-ring (bicyclic) bond motifs is 1. The van der Waals surface area contributed by atoms with Crippen molar-refractivity contribution in [1.29, 1.82) is 0 Å². The van der Waals surface area contributed by atoms with Gasteiger partial charge < -0.3 is 15.7 Å². The van der Waals surface area contributed by atoms with Crippen molar-refractivity contribution in [1.82, 2.24) is 4.57 Å². The lowest BCUT2D eigenvalue weighted by atomic mass is 10.2. The predicted octanol–water partition coefficient (Wildman–Crippen LogP) is 2.98. The molecule has 0 aliphatic carbocycles. The third-order valence-corrected chi connectivity index (χ3v) is 3.42. The largest absolute Gasteiger partial charge is 0.508 e. The van der Waals surface area contributed by atoms with Crippen LogP contribution in [0.3, 0.4) is 0 Å². The Morgan fingerprint density at radius 1 is 1.00 bits per heavy atom. The summed E-state index contributed by atoms with van der Waals surface area (Å²) in [7, 11) is 3.95. The van der Waals surface area contributed by atoms with E-state index in [0.29, 0.717) is 0 Å². The molecule has 0 aliphatic rings. The number of hydrogen-bond acceptors (Lipinski definition) is 3. The molecule has 0 unspecified atom stereocenters. The third kappa shape index (κ3) is 1.77. The van der Waals surface area contributed by atoms with Crippen molar-refractivity contribution >= 4 is 22.4 Å². The molecule has 2 aromatic carbocycles. The number of benzene rings is 2. The Balaban J connectivity index is 2.38. The number of nitrogens with zero attached hydrogens (tertiary/aromatic N) is 2. The van der Waals surface area contributed by atoms with Gasteiger partial charge >= 0.3 is 0 Å². The number of aromatic hydroxyl groups is 1. The molecule has 3 aromatic rings. The average Bonchev–Trinajstić information content (AvgIpc) is 2.74. The molecule has 3 rings (SSSR count). The number of aromatic nitrogens is 1. The fourth-order valence-electron chi connectivity index (χ4n) is 2.56. The fourth-order valence-corrected chi connectivity index (χ4v) is 2.56. The second kappa shape index (κ2) is 4.49. The van der Waals surface area contributed by atoms with Gasteiger partial charge in [-0.15, -0.1) is 0 Å². The minimum Gasteiger partial charge on any atom is -0.508 e. The lowest BCUT2D eigenvalue weighted by Crippen LogP contribution is -2.15. The van der Waals surface area contributed by atoms with E-state index in [1.165, 1.54) is 0 Å². The van der Waals surface area contributed by atoms with Gasteiger partial charge in [0.1, 0.15) is 11.6 Å². The van der Waals surface area contributed by atoms with Gasteiger partial charge in [0, 0.05) is 25.2 Å². The summed E-state index contributed by atoms with van der Waals surface area (Å²) in [4.78, 5) is 2.00. The molecule has 1 aromatic heterocycles. The Hall–Kier alpha value is -2.62. The molecular weight excluding hydrogens is 250 g/mol. The Bertz CT molecular complexity index is 757. The Morgan fingerprint density at radius 2 is 1.65 bits per heavy atom. The van der Waals surface area contributed by atoms with Crippen LogP contribution < -0.4 is 10.6 Å².